The summed E-state index contributed by atoms with van der Waals surface area (Å²) in [5, 5.41) is 22.9. The molecule has 2 aromatic carbocycles. The second-order valence-electron chi connectivity index (χ2n) is 6.34. The van der Waals surface area contributed by atoms with Gasteiger partial charge in [0.1, 0.15) is 19.5 Å². The molecule has 12 nitrogen and oxygen atoms in total. The fourth-order valence-corrected chi connectivity index (χ4v) is 2.90. The van der Waals surface area contributed by atoms with Gasteiger partial charge in [-0.3, -0.25) is 10.1 Å². The van der Waals surface area contributed by atoms with E-state index in [1.54, 1.807) is 31.2 Å². The Bertz CT molecular complexity index is 1200. The van der Waals surface area contributed by atoms with Crippen molar-refractivity contribution < 1.29 is 19.2 Å². The number of nitro groups is 1. The van der Waals surface area contributed by atoms with E-state index in [9.17, 15) is 14.9 Å². The average Bonchev–Trinajstić information content (AvgIpc) is 3.10. The largest absolute Gasteiger partial charge is 0.496 e. The number of nitro benzene ring substituents is 1. The molecule has 3 rings (SSSR count). The van der Waals surface area contributed by atoms with Crippen LogP contribution in [-0.4, -0.2) is 44.6 Å². The van der Waals surface area contributed by atoms with Crippen molar-refractivity contribution in [3.63, 3.8) is 0 Å². The minimum atomic E-state index is -0.546. The summed E-state index contributed by atoms with van der Waals surface area (Å²) >= 11 is 0. The molecular formula is C19H20N6O6. The third-order valence-electron chi connectivity index (χ3n) is 4.45. The van der Waals surface area contributed by atoms with Gasteiger partial charge in [0.25, 0.3) is 0 Å². The van der Waals surface area contributed by atoms with E-state index < -0.39 is 10.6 Å². The van der Waals surface area contributed by atoms with Gasteiger partial charge < -0.3 is 14.3 Å². The number of ether oxygens (including phenoxy) is 2. The molecule has 1 aromatic heterocycles. The molecule has 0 aliphatic carbocycles. The molecule has 31 heavy (non-hydrogen) atoms. The molecule has 162 valence electrons. The first-order valence-electron chi connectivity index (χ1n) is 9.02. The Morgan fingerprint density at radius 1 is 1.19 bits per heavy atom. The van der Waals surface area contributed by atoms with E-state index in [1.165, 1.54) is 33.4 Å². The van der Waals surface area contributed by atoms with Gasteiger partial charge in [0, 0.05) is 18.7 Å². The molecule has 1 heterocycles. The smallest absolute Gasteiger partial charge is 0.368 e. The highest BCUT2D eigenvalue weighted by molar-refractivity contribution is 5.99. The number of aromatic nitrogens is 4. The molecule has 0 unspecified atom stereocenters. The monoisotopic (exact) mass is 428 g/mol. The number of tetrazole rings is 1. The predicted octanol–water partition coefficient (Wildman–Crippen LogP) is 1.83. The standard InChI is InChI=1S/C19H20N6O6/c1-12(20-30-4)13-8-9-18(16(10-13)25(27)28)31-11-14-15(6-5-7-17(14)29-3)24-19(26)23(2)21-22-24/h5-10H,11H2,1-4H3. The number of aryl methyl sites for hydroxylation is 1. The molecule has 0 saturated heterocycles. The Labute approximate surface area is 176 Å². The minimum Gasteiger partial charge on any atom is -0.496 e. The lowest BCUT2D eigenvalue weighted by Crippen LogP contribution is -2.23. The van der Waals surface area contributed by atoms with Gasteiger partial charge in [-0.15, -0.1) is 0 Å². The van der Waals surface area contributed by atoms with Gasteiger partial charge in [0.2, 0.25) is 0 Å². The number of oxime groups is 1. The van der Waals surface area contributed by atoms with E-state index in [2.05, 4.69) is 15.6 Å². The summed E-state index contributed by atoms with van der Waals surface area (Å²) < 4.78 is 13.3. The summed E-state index contributed by atoms with van der Waals surface area (Å²) in [6.07, 6.45) is 0. The Hall–Kier alpha value is -4.22. The lowest BCUT2D eigenvalue weighted by molar-refractivity contribution is -0.386. The van der Waals surface area contributed by atoms with Gasteiger partial charge in [0.05, 0.1) is 29.0 Å². The molecule has 0 radical (unpaired) electrons. The lowest BCUT2D eigenvalue weighted by atomic mass is 10.1. The van der Waals surface area contributed by atoms with Gasteiger partial charge in [-0.2, -0.15) is 9.36 Å². The molecule has 0 N–H and O–H groups in total. The topological polar surface area (TPSA) is 136 Å². The molecule has 0 saturated carbocycles. The van der Waals surface area contributed by atoms with Gasteiger partial charge >= 0.3 is 11.4 Å². The molecule has 0 aliphatic rings. The normalized spacial score (nSPS) is 11.3. The van der Waals surface area contributed by atoms with E-state index in [1.807, 2.05) is 0 Å². The van der Waals surface area contributed by atoms with Crippen LogP contribution >= 0.6 is 0 Å². The molecule has 0 bridgehead atoms. The summed E-state index contributed by atoms with van der Waals surface area (Å²) in [6, 6.07) is 9.49. The molecule has 0 aliphatic heterocycles. The Morgan fingerprint density at radius 2 is 1.97 bits per heavy atom. The van der Waals surface area contributed by atoms with Crippen LogP contribution in [0.3, 0.4) is 0 Å². The highest BCUT2D eigenvalue weighted by atomic mass is 16.6. The summed E-state index contributed by atoms with van der Waals surface area (Å²) in [5.74, 6) is 0.472. The van der Waals surface area contributed by atoms with E-state index in [4.69, 9.17) is 14.3 Å². The summed E-state index contributed by atoms with van der Waals surface area (Å²) in [7, 11) is 4.34. The maximum absolute atomic E-state index is 12.3. The molecule has 3 aromatic rings. The van der Waals surface area contributed by atoms with Crippen molar-refractivity contribution in [3.8, 4) is 17.2 Å². The Balaban J connectivity index is 1.99. The van der Waals surface area contributed by atoms with Crippen LogP contribution in [0, 0.1) is 10.1 Å². The van der Waals surface area contributed by atoms with Crippen LogP contribution in [0.25, 0.3) is 5.69 Å². The van der Waals surface area contributed by atoms with Crippen molar-refractivity contribution in [1.82, 2.24) is 19.8 Å². The number of methoxy groups -OCH3 is 1. The van der Waals surface area contributed by atoms with Crippen LogP contribution in [-0.2, 0) is 18.5 Å². The molecule has 0 fully saturated rings. The van der Waals surface area contributed by atoms with Crippen LogP contribution < -0.4 is 15.2 Å². The first kappa shape index (κ1) is 21.5. The first-order valence-corrected chi connectivity index (χ1v) is 9.02. The van der Waals surface area contributed by atoms with Gasteiger partial charge in [-0.25, -0.2) is 4.79 Å². The van der Waals surface area contributed by atoms with Crippen LogP contribution in [0.5, 0.6) is 11.5 Å². The zero-order valence-corrected chi connectivity index (χ0v) is 17.3. The Morgan fingerprint density at radius 3 is 2.58 bits per heavy atom. The maximum Gasteiger partial charge on any atom is 0.368 e. The van der Waals surface area contributed by atoms with Crippen LogP contribution in [0.2, 0.25) is 0 Å². The van der Waals surface area contributed by atoms with Gasteiger partial charge in [0.15, 0.2) is 5.75 Å². The molecule has 12 heteroatoms. The van der Waals surface area contributed by atoms with E-state index in [0.29, 0.717) is 28.3 Å². The van der Waals surface area contributed by atoms with Gasteiger partial charge in [-0.05, 0) is 41.6 Å². The molecular weight excluding hydrogens is 408 g/mol. The van der Waals surface area contributed by atoms with E-state index >= 15 is 0 Å². The lowest BCUT2D eigenvalue weighted by Gasteiger charge is -2.14. The summed E-state index contributed by atoms with van der Waals surface area (Å²) in [5.41, 5.74) is 1.16. The summed E-state index contributed by atoms with van der Waals surface area (Å²) in [6.45, 7) is 1.55. The Kier molecular flexibility index (Phi) is 6.29. The number of hydrogen-bond donors (Lipinski definition) is 0. The quantitative estimate of drug-likeness (QED) is 0.301. The molecule has 0 atom stereocenters. The van der Waals surface area contributed by atoms with Crippen molar-refractivity contribution in [2.45, 2.75) is 13.5 Å². The third kappa shape index (κ3) is 4.37. The minimum absolute atomic E-state index is 0.0438. The van der Waals surface area contributed by atoms with Gasteiger partial charge in [-0.1, -0.05) is 11.2 Å². The second-order valence-corrected chi connectivity index (χ2v) is 6.34. The third-order valence-corrected chi connectivity index (χ3v) is 4.45. The number of rotatable bonds is 8. The predicted molar refractivity (Wildman–Crippen MR) is 110 cm³/mol. The van der Waals surface area contributed by atoms with E-state index in [0.717, 1.165) is 9.36 Å². The highest BCUT2D eigenvalue weighted by Gasteiger charge is 2.20. The van der Waals surface area contributed by atoms with Crippen molar-refractivity contribution in [1.29, 1.82) is 0 Å². The molecule has 0 spiro atoms. The van der Waals surface area contributed by atoms with Crippen molar-refractivity contribution >= 4 is 11.4 Å². The van der Waals surface area contributed by atoms with Crippen molar-refractivity contribution in [3.05, 3.63) is 68.1 Å². The molecule has 0 amide bonds. The first-order chi connectivity index (χ1) is 14.9. The zero-order valence-electron chi connectivity index (χ0n) is 17.3. The summed E-state index contributed by atoms with van der Waals surface area (Å²) in [4.78, 5) is 28.1. The maximum atomic E-state index is 12.3. The second kappa shape index (κ2) is 9.07. The SMILES string of the molecule is CON=C(C)c1ccc(OCc2c(OC)cccc2-n2nnn(C)c2=O)c([N+](=O)[O-])c1. The van der Waals surface area contributed by atoms with Crippen molar-refractivity contribution in [2.24, 2.45) is 12.2 Å². The fourth-order valence-electron chi connectivity index (χ4n) is 2.90. The number of nitrogens with zero attached hydrogens (tertiary/aromatic N) is 6. The van der Waals surface area contributed by atoms with Crippen LogP contribution in [0.4, 0.5) is 5.69 Å². The van der Waals surface area contributed by atoms with Crippen molar-refractivity contribution in [2.75, 3.05) is 14.2 Å². The highest BCUT2D eigenvalue weighted by Crippen LogP contribution is 2.31. The van der Waals surface area contributed by atoms with Crippen LogP contribution in [0.15, 0.2) is 46.3 Å². The zero-order chi connectivity index (χ0) is 22.5. The van der Waals surface area contributed by atoms with E-state index in [-0.39, 0.29) is 18.0 Å². The average molecular weight is 428 g/mol. The number of hydrogen-bond acceptors (Lipinski definition) is 9. The van der Waals surface area contributed by atoms with Crippen LogP contribution in [0.1, 0.15) is 18.1 Å². The fraction of sp³-hybridized carbons (Fsp3) is 0.263. The number of benzene rings is 2.